The lowest BCUT2D eigenvalue weighted by Crippen LogP contribution is -2.47. The van der Waals surface area contributed by atoms with Crippen molar-refractivity contribution in [1.82, 2.24) is 19.6 Å². The number of rotatable bonds is 3. The summed E-state index contributed by atoms with van der Waals surface area (Å²) in [5, 5.41) is 4.09. The molecule has 0 aromatic carbocycles. The lowest BCUT2D eigenvalue weighted by Gasteiger charge is -2.34. The van der Waals surface area contributed by atoms with Crippen LogP contribution in [0.15, 0.2) is 16.9 Å². The van der Waals surface area contributed by atoms with E-state index < -0.39 is 0 Å². The van der Waals surface area contributed by atoms with E-state index in [4.69, 9.17) is 4.74 Å². The highest BCUT2D eigenvalue weighted by molar-refractivity contribution is 5.92. The Morgan fingerprint density at radius 3 is 2.70 bits per heavy atom. The number of carbonyl (C=O) groups excluding carboxylic acids is 1. The second kappa shape index (κ2) is 6.80. The normalized spacial score (nSPS) is 25.7. The van der Waals surface area contributed by atoms with Crippen LogP contribution in [0.4, 0.5) is 0 Å². The third kappa shape index (κ3) is 3.30. The molecule has 2 aliphatic rings. The van der Waals surface area contributed by atoms with Crippen LogP contribution in [0.5, 0.6) is 0 Å². The van der Waals surface area contributed by atoms with E-state index in [9.17, 15) is 9.59 Å². The number of hydrogen-bond donors (Lipinski definition) is 0. The lowest BCUT2D eigenvalue weighted by molar-refractivity contribution is 0.0102. The topological polar surface area (TPSA) is 67.7 Å². The fourth-order valence-corrected chi connectivity index (χ4v) is 3.52. The number of likely N-dealkylation sites (tertiary alicyclic amines) is 1. The van der Waals surface area contributed by atoms with E-state index in [1.165, 1.54) is 16.8 Å². The quantitative estimate of drug-likeness (QED) is 0.782. The van der Waals surface area contributed by atoms with Crippen molar-refractivity contribution in [1.29, 1.82) is 0 Å². The minimum absolute atomic E-state index is 0.0881. The molecule has 2 unspecified atom stereocenters. The van der Waals surface area contributed by atoms with Gasteiger partial charge in [0.2, 0.25) is 0 Å². The Morgan fingerprint density at radius 1 is 1.30 bits per heavy atom. The molecule has 1 amide bonds. The van der Waals surface area contributed by atoms with Crippen LogP contribution in [0, 0.1) is 5.92 Å². The number of morpholine rings is 1. The molecule has 23 heavy (non-hydrogen) atoms. The van der Waals surface area contributed by atoms with Gasteiger partial charge in [0.25, 0.3) is 11.5 Å². The predicted octanol–water partition coefficient (Wildman–Crippen LogP) is -0.0369. The summed E-state index contributed by atoms with van der Waals surface area (Å²) < 4.78 is 6.64. The fraction of sp³-hybridized carbons (Fsp3) is 0.688. The van der Waals surface area contributed by atoms with E-state index in [1.54, 1.807) is 7.05 Å². The third-order valence-corrected chi connectivity index (χ3v) is 4.91. The molecule has 0 spiro atoms. The van der Waals surface area contributed by atoms with Crippen molar-refractivity contribution in [3.8, 4) is 0 Å². The number of ether oxygens (including phenoxy) is 1. The average molecular weight is 320 g/mol. The first-order chi connectivity index (χ1) is 11.1. The summed E-state index contributed by atoms with van der Waals surface area (Å²) in [4.78, 5) is 28.5. The maximum absolute atomic E-state index is 12.7. The number of aromatic nitrogens is 2. The zero-order chi connectivity index (χ0) is 16.4. The monoisotopic (exact) mass is 320 g/mol. The second-order valence-corrected chi connectivity index (χ2v) is 6.27. The molecule has 2 fully saturated rings. The van der Waals surface area contributed by atoms with E-state index >= 15 is 0 Å². The summed E-state index contributed by atoms with van der Waals surface area (Å²) in [6.45, 7) is 7.05. The molecule has 2 saturated heterocycles. The van der Waals surface area contributed by atoms with Crippen molar-refractivity contribution < 1.29 is 9.53 Å². The summed E-state index contributed by atoms with van der Waals surface area (Å²) in [5.74, 6) is 0.388. The van der Waals surface area contributed by atoms with Gasteiger partial charge in [-0.25, -0.2) is 4.68 Å². The van der Waals surface area contributed by atoms with Gasteiger partial charge < -0.3 is 9.64 Å². The van der Waals surface area contributed by atoms with Gasteiger partial charge in [-0.05, 0) is 12.0 Å². The molecular weight excluding hydrogens is 296 g/mol. The van der Waals surface area contributed by atoms with Gasteiger partial charge in [-0.15, -0.1) is 0 Å². The molecule has 0 aliphatic carbocycles. The lowest BCUT2D eigenvalue weighted by atomic mass is 9.99. The first-order valence-corrected chi connectivity index (χ1v) is 8.25. The molecule has 0 bridgehead atoms. The molecule has 2 aliphatic heterocycles. The minimum atomic E-state index is -0.208. The van der Waals surface area contributed by atoms with Crippen LogP contribution in [0.2, 0.25) is 0 Å². The highest BCUT2D eigenvalue weighted by atomic mass is 16.5. The van der Waals surface area contributed by atoms with E-state index in [2.05, 4.69) is 16.9 Å². The van der Waals surface area contributed by atoms with E-state index in [0.29, 0.717) is 17.7 Å². The Labute approximate surface area is 135 Å². The molecule has 2 atom stereocenters. The van der Waals surface area contributed by atoms with Crippen molar-refractivity contribution in [3.63, 3.8) is 0 Å². The zero-order valence-corrected chi connectivity index (χ0v) is 13.8. The standard InChI is InChI=1S/C16H24N4O3/c1-3-12-10-20(11-14(12)19-6-8-23-9-7-19)16(22)13-4-5-15(21)18(2)17-13/h4-5,12,14H,3,6-11H2,1-2H3. The van der Waals surface area contributed by atoms with Crippen LogP contribution < -0.4 is 5.56 Å². The SMILES string of the molecule is CCC1CN(C(=O)c2ccc(=O)n(C)n2)CC1N1CCOCC1. The van der Waals surface area contributed by atoms with Gasteiger partial charge in [0.15, 0.2) is 0 Å². The van der Waals surface area contributed by atoms with Gasteiger partial charge in [0, 0.05) is 45.3 Å². The molecule has 7 heteroatoms. The number of aryl methyl sites for hydroxylation is 1. The largest absolute Gasteiger partial charge is 0.379 e. The Balaban J connectivity index is 1.74. The summed E-state index contributed by atoms with van der Waals surface area (Å²) in [6, 6.07) is 3.31. The Bertz CT molecular complexity index is 624. The van der Waals surface area contributed by atoms with Gasteiger partial charge in [-0.3, -0.25) is 14.5 Å². The van der Waals surface area contributed by atoms with Gasteiger partial charge in [-0.1, -0.05) is 13.3 Å². The molecule has 0 radical (unpaired) electrons. The van der Waals surface area contributed by atoms with Crippen molar-refractivity contribution in [3.05, 3.63) is 28.2 Å². The van der Waals surface area contributed by atoms with Crippen molar-refractivity contribution in [2.24, 2.45) is 13.0 Å². The van der Waals surface area contributed by atoms with Gasteiger partial charge in [0.1, 0.15) is 5.69 Å². The molecule has 126 valence electrons. The van der Waals surface area contributed by atoms with Crippen molar-refractivity contribution >= 4 is 5.91 Å². The van der Waals surface area contributed by atoms with Gasteiger partial charge >= 0.3 is 0 Å². The molecular formula is C16H24N4O3. The molecule has 3 heterocycles. The molecule has 7 nitrogen and oxygen atoms in total. The maximum Gasteiger partial charge on any atom is 0.274 e. The Kier molecular flexibility index (Phi) is 4.77. The Hall–Kier alpha value is -1.73. The first kappa shape index (κ1) is 16.1. The number of carbonyl (C=O) groups is 1. The van der Waals surface area contributed by atoms with Crippen LogP contribution in [-0.4, -0.2) is 70.9 Å². The molecule has 0 saturated carbocycles. The summed E-state index contributed by atoms with van der Waals surface area (Å²) in [5.41, 5.74) is 0.130. The molecule has 1 aromatic rings. The maximum atomic E-state index is 12.7. The summed E-state index contributed by atoms with van der Waals surface area (Å²) >= 11 is 0. The smallest absolute Gasteiger partial charge is 0.274 e. The molecule has 0 N–H and O–H groups in total. The van der Waals surface area contributed by atoms with E-state index in [1.807, 2.05) is 4.90 Å². The Morgan fingerprint density at radius 2 is 2.04 bits per heavy atom. The van der Waals surface area contributed by atoms with Crippen LogP contribution in [0.3, 0.4) is 0 Å². The first-order valence-electron chi connectivity index (χ1n) is 8.25. The minimum Gasteiger partial charge on any atom is -0.379 e. The summed E-state index contributed by atoms with van der Waals surface area (Å²) in [7, 11) is 1.56. The van der Waals surface area contributed by atoms with Crippen LogP contribution in [-0.2, 0) is 11.8 Å². The number of amides is 1. The zero-order valence-electron chi connectivity index (χ0n) is 13.8. The van der Waals surface area contributed by atoms with E-state index in [0.717, 1.165) is 45.8 Å². The van der Waals surface area contributed by atoms with E-state index in [-0.39, 0.29) is 11.5 Å². The van der Waals surface area contributed by atoms with Crippen LogP contribution in [0.25, 0.3) is 0 Å². The number of hydrogen-bond acceptors (Lipinski definition) is 5. The van der Waals surface area contributed by atoms with Crippen molar-refractivity contribution in [2.75, 3.05) is 39.4 Å². The predicted molar refractivity (Wildman–Crippen MR) is 85.3 cm³/mol. The van der Waals surface area contributed by atoms with Crippen LogP contribution in [0.1, 0.15) is 23.8 Å². The fourth-order valence-electron chi connectivity index (χ4n) is 3.52. The highest BCUT2D eigenvalue weighted by Gasteiger charge is 2.38. The number of nitrogens with zero attached hydrogens (tertiary/aromatic N) is 4. The molecule has 3 rings (SSSR count). The molecule has 1 aromatic heterocycles. The second-order valence-electron chi connectivity index (χ2n) is 6.27. The van der Waals surface area contributed by atoms with Crippen LogP contribution >= 0.6 is 0 Å². The average Bonchev–Trinajstić information content (AvgIpc) is 3.02. The third-order valence-electron chi connectivity index (χ3n) is 4.91. The van der Waals surface area contributed by atoms with Gasteiger partial charge in [0.05, 0.1) is 13.2 Å². The summed E-state index contributed by atoms with van der Waals surface area (Å²) in [6.07, 6.45) is 1.05. The highest BCUT2D eigenvalue weighted by Crippen LogP contribution is 2.26. The van der Waals surface area contributed by atoms with Crippen molar-refractivity contribution in [2.45, 2.75) is 19.4 Å². The van der Waals surface area contributed by atoms with Gasteiger partial charge in [-0.2, -0.15) is 5.10 Å².